The standard InChI is InChI=1S/C14H25FN2/c1-3-16-10-14(11-16)6-4-5-12(7-14)17-8-13(2,15)9-17/h12H,3-11H2,1-2H3. The van der Waals surface area contributed by atoms with E-state index in [-0.39, 0.29) is 0 Å². The lowest BCUT2D eigenvalue weighted by molar-refractivity contribution is -0.0977. The molecule has 0 aromatic heterocycles. The molecule has 0 N–H and O–H groups in total. The normalized spacial score (nSPS) is 36.5. The zero-order valence-corrected chi connectivity index (χ0v) is 11.2. The van der Waals surface area contributed by atoms with E-state index in [4.69, 9.17) is 0 Å². The van der Waals surface area contributed by atoms with Crippen molar-refractivity contribution < 1.29 is 4.39 Å². The summed E-state index contributed by atoms with van der Waals surface area (Å²) in [5, 5.41) is 0. The smallest absolute Gasteiger partial charge is 0.133 e. The van der Waals surface area contributed by atoms with E-state index in [1.807, 2.05) is 0 Å². The predicted molar refractivity (Wildman–Crippen MR) is 67.9 cm³/mol. The topological polar surface area (TPSA) is 6.48 Å². The highest BCUT2D eigenvalue weighted by atomic mass is 19.1. The van der Waals surface area contributed by atoms with Crippen LogP contribution in [0.4, 0.5) is 4.39 Å². The second-order valence-corrected chi connectivity index (χ2v) is 6.87. The Bertz CT molecular complexity index is 289. The molecule has 2 aliphatic heterocycles. The van der Waals surface area contributed by atoms with Crippen molar-refractivity contribution in [2.45, 2.75) is 51.2 Å². The molecular weight excluding hydrogens is 215 g/mol. The van der Waals surface area contributed by atoms with Crippen LogP contribution in [-0.4, -0.2) is 54.2 Å². The van der Waals surface area contributed by atoms with Gasteiger partial charge in [-0.05, 0) is 38.1 Å². The van der Waals surface area contributed by atoms with E-state index in [0.29, 0.717) is 24.5 Å². The van der Waals surface area contributed by atoms with Gasteiger partial charge in [0.15, 0.2) is 0 Å². The average Bonchev–Trinajstić information content (AvgIpc) is 2.22. The Kier molecular flexibility index (Phi) is 2.75. The van der Waals surface area contributed by atoms with E-state index in [1.165, 1.54) is 45.3 Å². The summed E-state index contributed by atoms with van der Waals surface area (Å²) in [5.41, 5.74) is -0.305. The van der Waals surface area contributed by atoms with Gasteiger partial charge in [-0.2, -0.15) is 0 Å². The van der Waals surface area contributed by atoms with Gasteiger partial charge in [-0.1, -0.05) is 13.3 Å². The molecular formula is C14H25FN2. The van der Waals surface area contributed by atoms with Gasteiger partial charge in [0.05, 0.1) is 0 Å². The third-order valence-electron chi connectivity index (χ3n) is 5.06. The fourth-order valence-electron chi connectivity index (χ4n) is 4.20. The van der Waals surface area contributed by atoms with Crippen LogP contribution < -0.4 is 0 Å². The predicted octanol–water partition coefficient (Wildman–Crippen LogP) is 2.29. The molecule has 0 bridgehead atoms. The summed E-state index contributed by atoms with van der Waals surface area (Å²) in [5.74, 6) is 0. The molecule has 3 rings (SSSR count). The first-order chi connectivity index (χ1) is 8.02. The molecule has 2 saturated heterocycles. The Morgan fingerprint density at radius 3 is 2.53 bits per heavy atom. The van der Waals surface area contributed by atoms with Gasteiger partial charge in [-0.3, -0.25) is 4.90 Å². The first-order valence-electron chi connectivity index (χ1n) is 7.17. The van der Waals surface area contributed by atoms with Crippen molar-refractivity contribution >= 4 is 0 Å². The molecule has 3 aliphatic rings. The molecule has 1 aliphatic carbocycles. The molecule has 0 aromatic rings. The van der Waals surface area contributed by atoms with Gasteiger partial charge in [0.25, 0.3) is 0 Å². The molecule has 0 radical (unpaired) electrons. The van der Waals surface area contributed by atoms with Crippen LogP contribution in [0.3, 0.4) is 0 Å². The maximum atomic E-state index is 13.6. The highest BCUT2D eigenvalue weighted by molar-refractivity contribution is 5.03. The third kappa shape index (κ3) is 2.12. The molecule has 98 valence electrons. The van der Waals surface area contributed by atoms with E-state index >= 15 is 0 Å². The summed E-state index contributed by atoms with van der Waals surface area (Å²) >= 11 is 0. The second kappa shape index (κ2) is 3.92. The Morgan fingerprint density at radius 2 is 1.94 bits per heavy atom. The first-order valence-corrected chi connectivity index (χ1v) is 7.17. The molecule has 17 heavy (non-hydrogen) atoms. The Balaban J connectivity index is 1.55. The monoisotopic (exact) mass is 240 g/mol. The fourth-order valence-corrected chi connectivity index (χ4v) is 4.20. The summed E-state index contributed by atoms with van der Waals surface area (Å²) < 4.78 is 13.6. The van der Waals surface area contributed by atoms with E-state index in [9.17, 15) is 4.39 Å². The van der Waals surface area contributed by atoms with Crippen LogP contribution >= 0.6 is 0 Å². The van der Waals surface area contributed by atoms with E-state index in [2.05, 4.69) is 16.7 Å². The van der Waals surface area contributed by atoms with Gasteiger partial charge in [-0.15, -0.1) is 0 Å². The first kappa shape index (κ1) is 11.9. The zero-order valence-electron chi connectivity index (χ0n) is 11.2. The summed E-state index contributed by atoms with van der Waals surface area (Å²) in [7, 11) is 0. The lowest BCUT2D eigenvalue weighted by atomic mass is 9.66. The molecule has 1 atom stereocenters. The zero-order chi connectivity index (χ0) is 12.1. The van der Waals surface area contributed by atoms with E-state index in [0.717, 1.165) is 0 Å². The molecule has 0 aromatic carbocycles. The van der Waals surface area contributed by atoms with Crippen LogP contribution in [0.5, 0.6) is 0 Å². The van der Waals surface area contributed by atoms with Gasteiger partial charge >= 0.3 is 0 Å². The Morgan fingerprint density at radius 1 is 1.24 bits per heavy atom. The highest BCUT2D eigenvalue weighted by Gasteiger charge is 2.49. The molecule has 1 saturated carbocycles. The number of hydrogen-bond acceptors (Lipinski definition) is 2. The molecule has 0 amide bonds. The maximum Gasteiger partial charge on any atom is 0.133 e. The molecule has 2 nitrogen and oxygen atoms in total. The van der Waals surface area contributed by atoms with Crippen molar-refractivity contribution in [1.82, 2.24) is 9.80 Å². The van der Waals surface area contributed by atoms with Gasteiger partial charge < -0.3 is 4.90 Å². The van der Waals surface area contributed by atoms with Gasteiger partial charge in [0.1, 0.15) is 5.67 Å². The fraction of sp³-hybridized carbons (Fsp3) is 1.00. The third-order valence-corrected chi connectivity index (χ3v) is 5.06. The summed E-state index contributed by atoms with van der Waals surface area (Å²) in [4.78, 5) is 4.92. The summed E-state index contributed by atoms with van der Waals surface area (Å²) in [6.07, 6.45) is 5.37. The number of halogens is 1. The molecule has 1 unspecified atom stereocenters. The second-order valence-electron chi connectivity index (χ2n) is 6.87. The van der Waals surface area contributed by atoms with Crippen LogP contribution in [0.2, 0.25) is 0 Å². The number of nitrogens with zero attached hydrogens (tertiary/aromatic N) is 2. The minimum atomic E-state index is -0.903. The van der Waals surface area contributed by atoms with Gasteiger partial charge in [0.2, 0.25) is 0 Å². The molecule has 3 fully saturated rings. The number of rotatable bonds is 2. The number of alkyl halides is 1. The minimum absolute atomic E-state index is 0.598. The Hall–Kier alpha value is -0.150. The van der Waals surface area contributed by atoms with Crippen molar-refractivity contribution in [2.75, 3.05) is 32.7 Å². The summed E-state index contributed by atoms with van der Waals surface area (Å²) in [6.45, 7) is 9.11. The van der Waals surface area contributed by atoms with Crippen molar-refractivity contribution in [3.63, 3.8) is 0 Å². The average molecular weight is 240 g/mol. The van der Waals surface area contributed by atoms with Crippen molar-refractivity contribution in [2.24, 2.45) is 5.41 Å². The maximum absolute atomic E-state index is 13.6. The minimum Gasteiger partial charge on any atom is -0.302 e. The van der Waals surface area contributed by atoms with Crippen LogP contribution in [0, 0.1) is 5.41 Å². The van der Waals surface area contributed by atoms with Gasteiger partial charge in [0, 0.05) is 32.2 Å². The quantitative estimate of drug-likeness (QED) is 0.731. The van der Waals surface area contributed by atoms with E-state index in [1.54, 1.807) is 6.92 Å². The molecule has 2 heterocycles. The van der Waals surface area contributed by atoms with Crippen LogP contribution in [0.25, 0.3) is 0 Å². The molecule has 1 spiro atoms. The number of hydrogen-bond donors (Lipinski definition) is 0. The lowest BCUT2D eigenvalue weighted by Gasteiger charge is -2.57. The van der Waals surface area contributed by atoms with Crippen LogP contribution in [0.15, 0.2) is 0 Å². The highest BCUT2D eigenvalue weighted by Crippen LogP contribution is 2.46. The van der Waals surface area contributed by atoms with E-state index < -0.39 is 5.67 Å². The van der Waals surface area contributed by atoms with Crippen LogP contribution in [-0.2, 0) is 0 Å². The lowest BCUT2D eigenvalue weighted by Crippen LogP contribution is -2.65. The summed E-state index contributed by atoms with van der Waals surface area (Å²) in [6, 6.07) is 0.673. The van der Waals surface area contributed by atoms with Crippen molar-refractivity contribution in [3.05, 3.63) is 0 Å². The van der Waals surface area contributed by atoms with Gasteiger partial charge in [-0.25, -0.2) is 4.39 Å². The van der Waals surface area contributed by atoms with Crippen LogP contribution in [0.1, 0.15) is 39.5 Å². The molecule has 3 heteroatoms. The SMILES string of the molecule is CCN1CC2(CCCC(N3CC(C)(F)C3)C2)C1. The largest absolute Gasteiger partial charge is 0.302 e. The Labute approximate surface area is 104 Å². The number of likely N-dealkylation sites (tertiary alicyclic amines) is 2. The van der Waals surface area contributed by atoms with Crippen molar-refractivity contribution in [1.29, 1.82) is 0 Å². The van der Waals surface area contributed by atoms with Crippen molar-refractivity contribution in [3.8, 4) is 0 Å².